The Bertz CT molecular complexity index is 811. The van der Waals surface area contributed by atoms with Crippen LogP contribution >= 0.6 is 11.6 Å². The van der Waals surface area contributed by atoms with Crippen LogP contribution in [0.2, 0.25) is 0 Å². The third-order valence-electron chi connectivity index (χ3n) is 3.64. The number of aryl methyl sites for hydroxylation is 1. The molecule has 0 atom stereocenters. The van der Waals surface area contributed by atoms with Gasteiger partial charge in [-0.1, -0.05) is 16.8 Å². The summed E-state index contributed by atoms with van der Waals surface area (Å²) >= 11 is 6.33. The van der Waals surface area contributed by atoms with E-state index in [9.17, 15) is 8.78 Å². The molecule has 0 fully saturated rings. The predicted octanol–water partition coefficient (Wildman–Crippen LogP) is 3.82. The SMILES string of the molecule is Cc1nn(-c2ccc(F)cc2F)c2c1C(Cl)=C(/C=N/O)CC2. The second-order valence-electron chi connectivity index (χ2n) is 5.00. The van der Waals surface area contributed by atoms with Crippen molar-refractivity contribution in [3.8, 4) is 5.69 Å². The van der Waals surface area contributed by atoms with Crippen LogP contribution in [0.25, 0.3) is 10.7 Å². The molecule has 1 aliphatic rings. The summed E-state index contributed by atoms with van der Waals surface area (Å²) in [5.41, 5.74) is 2.95. The summed E-state index contributed by atoms with van der Waals surface area (Å²) in [7, 11) is 0. The van der Waals surface area contributed by atoms with Gasteiger partial charge < -0.3 is 5.21 Å². The number of hydrogen-bond acceptors (Lipinski definition) is 3. The molecule has 114 valence electrons. The fourth-order valence-corrected chi connectivity index (χ4v) is 3.05. The van der Waals surface area contributed by atoms with Crippen LogP contribution in [0.1, 0.15) is 23.4 Å². The van der Waals surface area contributed by atoms with E-state index in [4.69, 9.17) is 16.8 Å². The van der Waals surface area contributed by atoms with Crippen LogP contribution in [0.4, 0.5) is 8.78 Å². The van der Waals surface area contributed by atoms with Crippen molar-refractivity contribution in [2.45, 2.75) is 19.8 Å². The Kier molecular flexibility index (Phi) is 3.70. The van der Waals surface area contributed by atoms with Gasteiger partial charge in [0.25, 0.3) is 0 Å². The maximum Gasteiger partial charge on any atom is 0.151 e. The third kappa shape index (κ3) is 2.29. The van der Waals surface area contributed by atoms with E-state index in [2.05, 4.69) is 10.3 Å². The minimum Gasteiger partial charge on any atom is -0.411 e. The molecule has 0 bridgehead atoms. The standard InChI is InChI=1S/C15H12ClF2N3O/c1-8-14-13(4-2-9(7-19-22)15(14)16)21(20-8)12-5-3-10(17)6-11(12)18/h3,5-7,22H,2,4H2,1H3/b19-7+. The van der Waals surface area contributed by atoms with Crippen molar-refractivity contribution >= 4 is 22.8 Å². The molecule has 3 rings (SSSR count). The van der Waals surface area contributed by atoms with Crippen LogP contribution in [-0.2, 0) is 6.42 Å². The number of oxime groups is 1. The van der Waals surface area contributed by atoms with E-state index in [1.54, 1.807) is 6.92 Å². The van der Waals surface area contributed by atoms with Gasteiger partial charge in [0.15, 0.2) is 5.82 Å². The van der Waals surface area contributed by atoms with Crippen molar-refractivity contribution in [1.82, 2.24) is 9.78 Å². The van der Waals surface area contributed by atoms with E-state index >= 15 is 0 Å². The van der Waals surface area contributed by atoms with Crippen LogP contribution in [0.5, 0.6) is 0 Å². The van der Waals surface area contributed by atoms with E-state index in [1.807, 2.05) is 0 Å². The quantitative estimate of drug-likeness (QED) is 0.519. The summed E-state index contributed by atoms with van der Waals surface area (Å²) < 4.78 is 28.5. The van der Waals surface area contributed by atoms with E-state index < -0.39 is 11.6 Å². The zero-order valence-electron chi connectivity index (χ0n) is 11.6. The van der Waals surface area contributed by atoms with E-state index in [-0.39, 0.29) is 5.69 Å². The van der Waals surface area contributed by atoms with Crippen molar-refractivity contribution in [1.29, 1.82) is 0 Å². The van der Waals surface area contributed by atoms with E-state index in [0.717, 1.165) is 11.8 Å². The summed E-state index contributed by atoms with van der Waals surface area (Å²) in [6.07, 6.45) is 2.40. The molecule has 22 heavy (non-hydrogen) atoms. The second kappa shape index (κ2) is 5.53. The molecule has 2 aromatic rings. The van der Waals surface area contributed by atoms with Crippen LogP contribution in [0, 0.1) is 18.6 Å². The molecule has 4 nitrogen and oxygen atoms in total. The molecule has 1 aromatic heterocycles. The topological polar surface area (TPSA) is 50.4 Å². The van der Waals surface area contributed by atoms with Crippen LogP contribution in [0.3, 0.4) is 0 Å². The smallest absolute Gasteiger partial charge is 0.151 e. The van der Waals surface area contributed by atoms with Crippen molar-refractivity contribution in [3.05, 3.63) is 52.4 Å². The van der Waals surface area contributed by atoms with Gasteiger partial charge in [-0.25, -0.2) is 13.5 Å². The van der Waals surface area contributed by atoms with E-state index in [0.29, 0.717) is 34.7 Å². The Balaban J connectivity index is 2.19. The first-order valence-electron chi connectivity index (χ1n) is 6.63. The first-order chi connectivity index (χ1) is 10.5. The average molecular weight is 324 g/mol. The van der Waals surface area contributed by atoms with Crippen molar-refractivity contribution < 1.29 is 14.0 Å². The van der Waals surface area contributed by atoms with Gasteiger partial charge >= 0.3 is 0 Å². The minimum absolute atomic E-state index is 0.175. The maximum absolute atomic E-state index is 14.0. The van der Waals surface area contributed by atoms with Gasteiger partial charge in [0, 0.05) is 11.6 Å². The van der Waals surface area contributed by atoms with Crippen LogP contribution in [0.15, 0.2) is 28.9 Å². The van der Waals surface area contributed by atoms with Gasteiger partial charge in [-0.15, -0.1) is 0 Å². The summed E-state index contributed by atoms with van der Waals surface area (Å²) in [6, 6.07) is 3.36. The molecule has 0 aliphatic heterocycles. The Hall–Kier alpha value is -2.21. The minimum atomic E-state index is -0.687. The number of benzene rings is 1. The molecule has 0 radical (unpaired) electrons. The van der Waals surface area contributed by atoms with Crippen molar-refractivity contribution in [3.63, 3.8) is 0 Å². The Morgan fingerprint density at radius 3 is 2.82 bits per heavy atom. The lowest BCUT2D eigenvalue weighted by Gasteiger charge is -2.16. The number of halogens is 3. The normalized spacial score (nSPS) is 14.7. The molecule has 0 saturated carbocycles. The molecular formula is C15H12ClF2N3O. The second-order valence-corrected chi connectivity index (χ2v) is 5.38. The van der Waals surface area contributed by atoms with Crippen LogP contribution in [-0.4, -0.2) is 21.2 Å². The maximum atomic E-state index is 14.0. The van der Waals surface area contributed by atoms with Gasteiger partial charge in [0.2, 0.25) is 0 Å². The summed E-state index contributed by atoms with van der Waals surface area (Å²) in [5, 5.41) is 16.4. The van der Waals surface area contributed by atoms with Gasteiger partial charge in [0.05, 0.1) is 22.6 Å². The molecular weight excluding hydrogens is 312 g/mol. The summed E-state index contributed by atoms with van der Waals surface area (Å²) in [5.74, 6) is -1.33. The summed E-state index contributed by atoms with van der Waals surface area (Å²) in [6.45, 7) is 1.76. The van der Waals surface area contributed by atoms with Crippen LogP contribution < -0.4 is 0 Å². The molecule has 1 aromatic carbocycles. The lowest BCUT2D eigenvalue weighted by Crippen LogP contribution is -2.09. The highest BCUT2D eigenvalue weighted by atomic mass is 35.5. The first-order valence-corrected chi connectivity index (χ1v) is 7.01. The first kappa shape index (κ1) is 14.7. The molecule has 0 spiro atoms. The fourth-order valence-electron chi connectivity index (χ4n) is 2.66. The molecule has 0 amide bonds. The summed E-state index contributed by atoms with van der Waals surface area (Å²) in [4.78, 5) is 0. The van der Waals surface area contributed by atoms with Gasteiger partial charge in [0.1, 0.15) is 11.5 Å². The lowest BCUT2D eigenvalue weighted by atomic mass is 9.96. The van der Waals surface area contributed by atoms with E-state index in [1.165, 1.54) is 23.0 Å². The average Bonchev–Trinajstić information content (AvgIpc) is 2.80. The Morgan fingerprint density at radius 2 is 2.14 bits per heavy atom. The number of allylic oxidation sites excluding steroid dienone is 1. The number of nitrogens with zero attached hydrogens (tertiary/aromatic N) is 3. The van der Waals surface area contributed by atoms with Gasteiger partial charge in [-0.2, -0.15) is 5.10 Å². The molecule has 1 N–H and O–H groups in total. The molecule has 1 heterocycles. The highest BCUT2D eigenvalue weighted by molar-refractivity contribution is 6.51. The number of fused-ring (bicyclic) bond motifs is 1. The highest BCUT2D eigenvalue weighted by Gasteiger charge is 2.25. The zero-order valence-corrected chi connectivity index (χ0v) is 12.4. The predicted molar refractivity (Wildman–Crippen MR) is 79.6 cm³/mol. The van der Waals surface area contributed by atoms with Crippen molar-refractivity contribution in [2.75, 3.05) is 0 Å². The van der Waals surface area contributed by atoms with Gasteiger partial charge in [-0.05, 0) is 37.5 Å². The number of rotatable bonds is 2. The third-order valence-corrected chi connectivity index (χ3v) is 4.07. The molecule has 0 saturated heterocycles. The number of aromatic nitrogens is 2. The fraction of sp³-hybridized carbons (Fsp3) is 0.200. The number of hydrogen-bond donors (Lipinski definition) is 1. The van der Waals surface area contributed by atoms with Crippen molar-refractivity contribution in [2.24, 2.45) is 5.16 Å². The Labute approximate surface area is 130 Å². The Morgan fingerprint density at radius 1 is 1.36 bits per heavy atom. The molecule has 7 heteroatoms. The molecule has 0 unspecified atom stereocenters. The highest BCUT2D eigenvalue weighted by Crippen LogP contribution is 2.36. The lowest BCUT2D eigenvalue weighted by molar-refractivity contribution is 0.321. The monoisotopic (exact) mass is 323 g/mol. The van der Waals surface area contributed by atoms with Gasteiger partial charge in [-0.3, -0.25) is 0 Å². The zero-order chi connectivity index (χ0) is 15.9. The molecule has 1 aliphatic carbocycles. The largest absolute Gasteiger partial charge is 0.411 e.